The van der Waals surface area contributed by atoms with Crippen LogP contribution in [-0.4, -0.2) is 35.8 Å². The number of nitrogens with two attached hydrogens (primary N) is 1. The van der Waals surface area contributed by atoms with Crippen LogP contribution in [0.4, 0.5) is 5.69 Å². The number of anilines is 1. The van der Waals surface area contributed by atoms with E-state index >= 15 is 0 Å². The minimum absolute atomic E-state index is 0.0145. The summed E-state index contributed by atoms with van der Waals surface area (Å²) in [6.07, 6.45) is 1.59. The molecule has 0 bridgehead atoms. The van der Waals surface area contributed by atoms with Gasteiger partial charge in [0.1, 0.15) is 0 Å². The van der Waals surface area contributed by atoms with Gasteiger partial charge in [-0.2, -0.15) is 0 Å². The predicted octanol–water partition coefficient (Wildman–Crippen LogP) is 2.79. The molecule has 0 spiro atoms. The Morgan fingerprint density at radius 2 is 2.00 bits per heavy atom. The van der Waals surface area contributed by atoms with Gasteiger partial charge in [0.2, 0.25) is 5.91 Å². The molecule has 1 heterocycles. The van der Waals surface area contributed by atoms with E-state index in [4.69, 9.17) is 5.73 Å². The van der Waals surface area contributed by atoms with Crippen molar-refractivity contribution in [3.05, 3.63) is 29.3 Å². The number of carbonyl (C=O) groups excluding carboxylic acids is 2. The van der Waals surface area contributed by atoms with Gasteiger partial charge in [0.25, 0.3) is 5.91 Å². The maximum Gasteiger partial charge on any atom is 0.254 e. The van der Waals surface area contributed by atoms with Crippen LogP contribution in [0.15, 0.2) is 18.2 Å². The van der Waals surface area contributed by atoms with Gasteiger partial charge in [0, 0.05) is 30.4 Å². The second-order valence-electron chi connectivity index (χ2n) is 7.15. The van der Waals surface area contributed by atoms with E-state index in [2.05, 4.69) is 26.1 Å². The van der Waals surface area contributed by atoms with E-state index in [1.807, 2.05) is 25.1 Å². The summed E-state index contributed by atoms with van der Waals surface area (Å²) in [7, 11) is 0. The molecule has 1 saturated heterocycles. The van der Waals surface area contributed by atoms with Crippen molar-refractivity contribution < 1.29 is 9.59 Å². The largest absolute Gasteiger partial charge is 0.382 e. The summed E-state index contributed by atoms with van der Waals surface area (Å²) in [5, 5.41) is 3.49. The smallest absolute Gasteiger partial charge is 0.254 e. The van der Waals surface area contributed by atoms with Gasteiger partial charge in [0.05, 0.1) is 5.92 Å². The number of carbonyl (C=O) groups is 2. The van der Waals surface area contributed by atoms with Gasteiger partial charge in [-0.1, -0.05) is 19.9 Å². The van der Waals surface area contributed by atoms with Gasteiger partial charge in [-0.05, 0) is 50.3 Å². The molecular weight excluding hydrogens is 302 g/mol. The van der Waals surface area contributed by atoms with Crippen molar-refractivity contribution in [2.75, 3.05) is 18.4 Å². The molecule has 0 saturated carbocycles. The second kappa shape index (κ2) is 7.69. The van der Waals surface area contributed by atoms with E-state index in [0.29, 0.717) is 30.6 Å². The average molecular weight is 331 g/mol. The van der Waals surface area contributed by atoms with Crippen LogP contribution in [0.1, 0.15) is 49.5 Å². The zero-order valence-corrected chi connectivity index (χ0v) is 15.1. The first-order valence-corrected chi connectivity index (χ1v) is 8.76. The van der Waals surface area contributed by atoms with Crippen LogP contribution in [0.25, 0.3) is 0 Å². The van der Waals surface area contributed by atoms with Gasteiger partial charge in [-0.25, -0.2) is 0 Å². The third kappa shape index (κ3) is 4.08. The fourth-order valence-corrected chi connectivity index (χ4v) is 3.00. The maximum absolute atomic E-state index is 12.9. The van der Waals surface area contributed by atoms with Crippen LogP contribution < -0.4 is 11.1 Å². The van der Waals surface area contributed by atoms with E-state index in [9.17, 15) is 9.59 Å². The fourth-order valence-electron chi connectivity index (χ4n) is 3.00. The van der Waals surface area contributed by atoms with Crippen molar-refractivity contribution in [3.8, 4) is 0 Å². The highest BCUT2D eigenvalue weighted by molar-refractivity contribution is 5.97. The number of piperidine rings is 1. The summed E-state index contributed by atoms with van der Waals surface area (Å²) in [6.45, 7) is 9.55. The number of likely N-dealkylation sites (tertiary alicyclic amines) is 1. The molecular formula is C19H29N3O2. The Labute approximate surface area is 144 Å². The quantitative estimate of drug-likeness (QED) is 0.871. The molecule has 1 aromatic rings. The Morgan fingerprint density at radius 1 is 1.29 bits per heavy atom. The van der Waals surface area contributed by atoms with Crippen LogP contribution in [0, 0.1) is 18.8 Å². The predicted molar refractivity (Wildman–Crippen MR) is 96.9 cm³/mol. The highest BCUT2D eigenvalue weighted by Crippen LogP contribution is 2.24. The lowest BCUT2D eigenvalue weighted by Crippen LogP contribution is -2.44. The molecule has 2 rings (SSSR count). The molecule has 3 N–H and O–H groups in total. The van der Waals surface area contributed by atoms with Crippen LogP contribution in [0.5, 0.6) is 0 Å². The molecule has 5 nitrogen and oxygen atoms in total. The Hall–Kier alpha value is -2.04. The number of rotatable bonds is 5. The van der Waals surface area contributed by atoms with Crippen LogP contribution >= 0.6 is 0 Å². The van der Waals surface area contributed by atoms with E-state index in [1.54, 1.807) is 4.90 Å². The molecule has 5 heteroatoms. The van der Waals surface area contributed by atoms with Crippen LogP contribution in [0.3, 0.4) is 0 Å². The Bertz CT molecular complexity index is 613. The monoisotopic (exact) mass is 331 g/mol. The van der Waals surface area contributed by atoms with E-state index in [0.717, 1.165) is 24.1 Å². The van der Waals surface area contributed by atoms with Crippen LogP contribution in [0.2, 0.25) is 0 Å². The standard InChI is InChI=1S/C19H29N3O2/c1-12(2)14(4)21-17-9-5-8-16(13(17)3)19(24)22-10-6-7-15(11-22)18(20)23/h5,8-9,12,14-15,21H,6-7,10-11H2,1-4H3,(H2,20,23)/t14-,15-/m1/s1. The summed E-state index contributed by atoms with van der Waals surface area (Å²) >= 11 is 0. The fraction of sp³-hybridized carbons (Fsp3) is 0.579. The van der Waals surface area contributed by atoms with E-state index in [-0.39, 0.29) is 17.7 Å². The molecule has 1 aliphatic heterocycles. The SMILES string of the molecule is Cc1c(N[C@H](C)C(C)C)cccc1C(=O)N1CCC[C@@H](C(N)=O)C1. The number of nitrogens with zero attached hydrogens (tertiary/aromatic N) is 1. The Balaban J connectivity index is 2.19. The van der Waals surface area contributed by atoms with Crippen molar-refractivity contribution in [2.24, 2.45) is 17.6 Å². The molecule has 1 aliphatic rings. The second-order valence-corrected chi connectivity index (χ2v) is 7.15. The summed E-state index contributed by atoms with van der Waals surface area (Å²) in [6, 6.07) is 6.10. The molecule has 1 aromatic carbocycles. The van der Waals surface area contributed by atoms with Gasteiger partial charge >= 0.3 is 0 Å². The van der Waals surface area contributed by atoms with E-state index < -0.39 is 0 Å². The third-order valence-corrected chi connectivity index (χ3v) is 5.06. The zero-order valence-electron chi connectivity index (χ0n) is 15.1. The molecule has 1 fully saturated rings. The summed E-state index contributed by atoms with van der Waals surface area (Å²) < 4.78 is 0. The molecule has 0 radical (unpaired) electrons. The zero-order chi connectivity index (χ0) is 17.9. The first-order valence-electron chi connectivity index (χ1n) is 8.76. The molecule has 24 heavy (non-hydrogen) atoms. The highest BCUT2D eigenvalue weighted by atomic mass is 16.2. The molecule has 0 aromatic heterocycles. The topological polar surface area (TPSA) is 75.4 Å². The Morgan fingerprint density at radius 3 is 2.62 bits per heavy atom. The summed E-state index contributed by atoms with van der Waals surface area (Å²) in [4.78, 5) is 26.1. The average Bonchev–Trinajstić information content (AvgIpc) is 2.56. The first kappa shape index (κ1) is 18.3. The van der Waals surface area contributed by atoms with Gasteiger partial charge in [-0.3, -0.25) is 9.59 Å². The van der Waals surface area contributed by atoms with Crippen molar-refractivity contribution >= 4 is 17.5 Å². The molecule has 2 amide bonds. The number of nitrogens with one attached hydrogen (secondary N) is 1. The van der Waals surface area contributed by atoms with Gasteiger partial charge < -0.3 is 16.0 Å². The van der Waals surface area contributed by atoms with E-state index in [1.165, 1.54) is 0 Å². The first-order chi connectivity index (χ1) is 11.3. The van der Waals surface area contributed by atoms with Crippen LogP contribution in [-0.2, 0) is 4.79 Å². The molecule has 2 atom stereocenters. The van der Waals surface area contributed by atoms with Gasteiger partial charge in [0.15, 0.2) is 0 Å². The normalized spacial score (nSPS) is 19.2. The molecule has 132 valence electrons. The number of primary amides is 1. The Kier molecular flexibility index (Phi) is 5.86. The lowest BCUT2D eigenvalue weighted by Gasteiger charge is -2.32. The number of benzene rings is 1. The minimum Gasteiger partial charge on any atom is -0.382 e. The van der Waals surface area contributed by atoms with Gasteiger partial charge in [-0.15, -0.1) is 0 Å². The molecule has 0 unspecified atom stereocenters. The summed E-state index contributed by atoms with van der Waals surface area (Å²) in [5.41, 5.74) is 8.06. The summed E-state index contributed by atoms with van der Waals surface area (Å²) in [5.74, 6) is -0.0582. The number of hydrogen-bond donors (Lipinski definition) is 2. The third-order valence-electron chi connectivity index (χ3n) is 5.06. The van der Waals surface area contributed by atoms with Crippen molar-refractivity contribution in [1.29, 1.82) is 0 Å². The minimum atomic E-state index is -0.314. The van der Waals surface area contributed by atoms with Crippen molar-refractivity contribution in [1.82, 2.24) is 4.90 Å². The lowest BCUT2D eigenvalue weighted by molar-refractivity contribution is -0.123. The molecule has 0 aliphatic carbocycles. The van der Waals surface area contributed by atoms with Crippen molar-refractivity contribution in [2.45, 2.75) is 46.6 Å². The number of amides is 2. The maximum atomic E-state index is 12.9. The lowest BCUT2D eigenvalue weighted by atomic mass is 9.96. The highest BCUT2D eigenvalue weighted by Gasteiger charge is 2.28. The van der Waals surface area contributed by atoms with Crippen molar-refractivity contribution in [3.63, 3.8) is 0 Å². The number of hydrogen-bond acceptors (Lipinski definition) is 3.